The van der Waals surface area contributed by atoms with Crippen LogP contribution in [0, 0.1) is 0 Å². The summed E-state index contributed by atoms with van der Waals surface area (Å²) in [6, 6.07) is -0.0770. The highest BCUT2D eigenvalue weighted by atomic mass is 32.2. The molecule has 8 heteroatoms. The molecule has 0 saturated carbocycles. The number of rotatable bonds is 2. The molecule has 2 aliphatic heterocycles. The molecule has 0 amide bonds. The summed E-state index contributed by atoms with van der Waals surface area (Å²) in [7, 11) is -3.78. The van der Waals surface area contributed by atoms with Crippen LogP contribution in [0.4, 0.5) is 13.2 Å². The number of hydrogen-bond donors (Lipinski definition) is 0. The summed E-state index contributed by atoms with van der Waals surface area (Å²) in [6.07, 6.45) is 3.44. The van der Waals surface area contributed by atoms with Gasteiger partial charge in [-0.2, -0.15) is 21.6 Å². The lowest BCUT2D eigenvalue weighted by molar-refractivity contribution is -0.0529. The fraction of sp³-hybridized carbons (Fsp3) is 0.778. The van der Waals surface area contributed by atoms with Gasteiger partial charge >= 0.3 is 15.6 Å². The van der Waals surface area contributed by atoms with E-state index in [4.69, 9.17) is 0 Å². The van der Waals surface area contributed by atoms with Gasteiger partial charge in [0.05, 0.1) is 6.04 Å². The molecule has 4 nitrogen and oxygen atoms in total. The smallest absolute Gasteiger partial charge is 0.379 e. The van der Waals surface area contributed by atoms with Crippen LogP contribution in [0.2, 0.25) is 0 Å². The van der Waals surface area contributed by atoms with E-state index in [1.54, 1.807) is 7.05 Å². The van der Waals surface area contributed by atoms with Crippen LogP contribution >= 0.6 is 0 Å². The van der Waals surface area contributed by atoms with Crippen molar-refractivity contribution in [2.75, 3.05) is 7.05 Å². The van der Waals surface area contributed by atoms with Crippen molar-refractivity contribution in [1.82, 2.24) is 4.90 Å². The van der Waals surface area contributed by atoms with Gasteiger partial charge in [-0.1, -0.05) is 0 Å². The maximum atomic E-state index is 12.2. The summed E-state index contributed by atoms with van der Waals surface area (Å²) in [5.74, 6) is -0.0985. The molecule has 0 radical (unpaired) electrons. The van der Waals surface area contributed by atoms with Crippen molar-refractivity contribution in [3.05, 3.63) is 11.8 Å². The van der Waals surface area contributed by atoms with Gasteiger partial charge in [-0.05, 0) is 32.4 Å². The van der Waals surface area contributed by atoms with Crippen LogP contribution in [0.5, 0.6) is 0 Å². The largest absolute Gasteiger partial charge is 0.534 e. The van der Waals surface area contributed by atoms with Crippen LogP contribution < -0.4 is 0 Å². The second-order valence-corrected chi connectivity index (χ2v) is 5.78. The minimum absolute atomic E-state index is 0.0985. The second-order valence-electron chi connectivity index (χ2n) is 4.24. The van der Waals surface area contributed by atoms with Crippen molar-refractivity contribution in [3.8, 4) is 0 Å². The third-order valence-electron chi connectivity index (χ3n) is 3.25. The Morgan fingerprint density at radius 2 is 2.06 bits per heavy atom. The topological polar surface area (TPSA) is 46.6 Å². The Labute approximate surface area is 97.2 Å². The minimum atomic E-state index is -5.54. The highest BCUT2D eigenvalue weighted by Gasteiger charge is 2.50. The van der Waals surface area contributed by atoms with Gasteiger partial charge in [-0.15, -0.1) is 0 Å². The van der Waals surface area contributed by atoms with Crippen molar-refractivity contribution < 1.29 is 25.8 Å². The molecule has 98 valence electrons. The number of fused-ring (bicyclic) bond motifs is 2. The van der Waals surface area contributed by atoms with E-state index in [2.05, 4.69) is 4.18 Å². The van der Waals surface area contributed by atoms with Gasteiger partial charge in [-0.3, -0.25) is 4.90 Å². The number of hydrogen-bond acceptors (Lipinski definition) is 4. The first-order chi connectivity index (χ1) is 7.72. The standard InChI is InChI=1S/C9H12F3NO3S/c1-13-6-2-4-7(13)8(5-3-6)16-17(14,15)9(10,11)12/h5-7H,2-4H2,1H3/t6?,7-/m0/s1. The van der Waals surface area contributed by atoms with Gasteiger partial charge in [0, 0.05) is 6.04 Å². The second kappa shape index (κ2) is 3.88. The summed E-state index contributed by atoms with van der Waals surface area (Å²) < 4.78 is 62.5. The number of nitrogens with zero attached hydrogens (tertiary/aromatic N) is 1. The monoisotopic (exact) mass is 271 g/mol. The Hall–Kier alpha value is -0.760. The van der Waals surface area contributed by atoms with Gasteiger partial charge in [0.2, 0.25) is 0 Å². The molecule has 2 rings (SSSR count). The third-order valence-corrected chi connectivity index (χ3v) is 4.23. The molecule has 17 heavy (non-hydrogen) atoms. The molecule has 0 aliphatic carbocycles. The zero-order valence-electron chi connectivity index (χ0n) is 9.07. The molecule has 2 heterocycles. The molecular formula is C9H12F3NO3S. The van der Waals surface area contributed by atoms with Crippen molar-refractivity contribution in [3.63, 3.8) is 0 Å². The Balaban J connectivity index is 2.19. The van der Waals surface area contributed by atoms with Crippen LogP contribution in [0.3, 0.4) is 0 Å². The van der Waals surface area contributed by atoms with E-state index in [-0.39, 0.29) is 17.8 Å². The summed E-state index contributed by atoms with van der Waals surface area (Å²) in [5, 5.41) is 0. The number of alkyl halides is 3. The minimum Gasteiger partial charge on any atom is -0.379 e. The first kappa shape index (κ1) is 12.7. The summed E-state index contributed by atoms with van der Waals surface area (Å²) in [5.41, 5.74) is -5.37. The molecule has 2 aliphatic rings. The first-order valence-corrected chi connectivity index (χ1v) is 6.56. The van der Waals surface area contributed by atoms with Crippen molar-refractivity contribution in [2.45, 2.75) is 36.9 Å². The Morgan fingerprint density at radius 3 is 2.65 bits per heavy atom. The van der Waals surface area contributed by atoms with E-state index in [0.29, 0.717) is 12.8 Å². The van der Waals surface area contributed by atoms with Crippen molar-refractivity contribution in [1.29, 1.82) is 0 Å². The first-order valence-electron chi connectivity index (χ1n) is 5.15. The van der Waals surface area contributed by atoms with Crippen LogP contribution in [-0.2, 0) is 14.3 Å². The number of likely N-dealkylation sites (N-methyl/N-ethyl adjacent to an activating group) is 1. The summed E-state index contributed by atoms with van der Waals surface area (Å²) in [4.78, 5) is 1.86. The van der Waals surface area contributed by atoms with Crippen LogP contribution in [0.15, 0.2) is 11.8 Å². The van der Waals surface area contributed by atoms with Gasteiger partial charge < -0.3 is 4.18 Å². The lowest BCUT2D eigenvalue weighted by atomic mass is 10.1. The SMILES string of the molecule is CN1C2CC=C(OS(=O)(=O)C(F)(F)F)[C@@H]1CC2. The molecule has 2 bridgehead atoms. The predicted octanol–water partition coefficient (Wildman–Crippen LogP) is 1.60. The van der Waals surface area contributed by atoms with Gasteiger partial charge in [0.15, 0.2) is 0 Å². The molecule has 1 saturated heterocycles. The van der Waals surface area contributed by atoms with Crippen LogP contribution in [-0.4, -0.2) is 38.0 Å². The highest BCUT2D eigenvalue weighted by Crippen LogP contribution is 2.37. The van der Waals surface area contributed by atoms with E-state index in [9.17, 15) is 21.6 Å². The molecule has 0 aromatic heterocycles. The summed E-state index contributed by atoms with van der Waals surface area (Å²) in [6.45, 7) is 0. The highest BCUT2D eigenvalue weighted by molar-refractivity contribution is 7.87. The quantitative estimate of drug-likeness (QED) is 0.565. The van der Waals surface area contributed by atoms with Crippen LogP contribution in [0.1, 0.15) is 19.3 Å². The van der Waals surface area contributed by atoms with Crippen molar-refractivity contribution in [2.24, 2.45) is 0 Å². The molecule has 0 aromatic carbocycles. The Bertz CT molecular complexity index is 443. The average molecular weight is 271 g/mol. The van der Waals surface area contributed by atoms with E-state index in [0.717, 1.165) is 6.42 Å². The lowest BCUT2D eigenvalue weighted by Gasteiger charge is -2.30. The maximum absolute atomic E-state index is 12.2. The fourth-order valence-corrected chi connectivity index (χ4v) is 2.82. The fourth-order valence-electron chi connectivity index (χ4n) is 2.29. The lowest BCUT2D eigenvalue weighted by Crippen LogP contribution is -2.38. The van der Waals surface area contributed by atoms with Gasteiger partial charge in [0.25, 0.3) is 0 Å². The molecule has 0 N–H and O–H groups in total. The van der Waals surface area contributed by atoms with Crippen molar-refractivity contribution >= 4 is 10.1 Å². The van der Waals surface area contributed by atoms with E-state index < -0.39 is 15.6 Å². The normalized spacial score (nSPS) is 30.2. The molecule has 0 spiro atoms. The number of halogens is 3. The maximum Gasteiger partial charge on any atom is 0.534 e. The molecule has 2 atom stereocenters. The molecular weight excluding hydrogens is 259 g/mol. The molecule has 0 aromatic rings. The van der Waals surface area contributed by atoms with Gasteiger partial charge in [-0.25, -0.2) is 0 Å². The average Bonchev–Trinajstić information content (AvgIpc) is 2.42. The molecule has 1 unspecified atom stereocenters. The van der Waals surface area contributed by atoms with E-state index in [1.807, 2.05) is 4.90 Å². The van der Waals surface area contributed by atoms with Crippen LogP contribution in [0.25, 0.3) is 0 Å². The Kier molecular flexibility index (Phi) is 2.89. The predicted molar refractivity (Wildman–Crippen MR) is 53.3 cm³/mol. The van der Waals surface area contributed by atoms with E-state index >= 15 is 0 Å². The molecule has 1 fully saturated rings. The zero-order chi connectivity index (χ0) is 12.8. The van der Waals surface area contributed by atoms with E-state index in [1.165, 1.54) is 6.08 Å². The summed E-state index contributed by atoms with van der Waals surface area (Å²) >= 11 is 0. The Morgan fingerprint density at radius 1 is 1.41 bits per heavy atom. The third kappa shape index (κ3) is 2.15. The van der Waals surface area contributed by atoms with Gasteiger partial charge in [0.1, 0.15) is 5.76 Å². The zero-order valence-corrected chi connectivity index (χ0v) is 9.88.